The van der Waals surface area contributed by atoms with Crippen molar-refractivity contribution in [2.24, 2.45) is 11.8 Å². The van der Waals surface area contributed by atoms with E-state index in [1.165, 1.54) is 38.5 Å². The van der Waals surface area contributed by atoms with E-state index >= 15 is 0 Å². The zero-order valence-corrected chi connectivity index (χ0v) is 34.7. The number of rotatable bonds is 16. The van der Waals surface area contributed by atoms with Gasteiger partial charge in [-0.1, -0.05) is 0 Å². The first kappa shape index (κ1) is 44.8. The van der Waals surface area contributed by atoms with Crippen molar-refractivity contribution in [3.05, 3.63) is 59.2 Å². The van der Waals surface area contributed by atoms with Gasteiger partial charge in [0.1, 0.15) is 22.8 Å². The summed E-state index contributed by atoms with van der Waals surface area (Å²) < 4.78 is 98.1. The molecule has 0 bridgehead atoms. The van der Waals surface area contributed by atoms with E-state index in [-0.39, 0.29) is 47.9 Å². The topological polar surface area (TPSA) is 201 Å². The Morgan fingerprint density at radius 2 is 1.03 bits per heavy atom. The van der Waals surface area contributed by atoms with E-state index in [0.717, 1.165) is 64.4 Å². The Balaban J connectivity index is 0.000000221. The summed E-state index contributed by atoms with van der Waals surface area (Å²) in [7, 11) is -3.47. The molecule has 2 fully saturated rings. The van der Waals surface area contributed by atoms with Crippen LogP contribution in [-0.2, 0) is 29.5 Å². The number of aromatic amines is 2. The number of carbonyl (C=O) groups excluding carboxylic acids is 2. The summed E-state index contributed by atoms with van der Waals surface area (Å²) in [6.07, 6.45) is 5.70. The van der Waals surface area contributed by atoms with Crippen LogP contribution < -0.4 is 18.9 Å². The van der Waals surface area contributed by atoms with Crippen molar-refractivity contribution in [3.63, 3.8) is 0 Å². The van der Waals surface area contributed by atoms with Crippen molar-refractivity contribution >= 4 is 53.8 Å². The highest BCUT2D eigenvalue weighted by atomic mass is 32.2. The largest absolute Gasteiger partial charge is 0.482 e. The van der Waals surface area contributed by atoms with Gasteiger partial charge in [0, 0.05) is 48.0 Å². The molecular formula is C38H52F2N6O10S2. The number of carbonyl (C=O) groups is 2. The number of likely N-dealkylation sites (tertiary alicyclic amines) is 2. The van der Waals surface area contributed by atoms with Crippen molar-refractivity contribution in [2.45, 2.75) is 25.7 Å². The van der Waals surface area contributed by atoms with E-state index in [1.807, 2.05) is 0 Å². The predicted octanol–water partition coefficient (Wildman–Crippen LogP) is 3.47. The zero-order chi connectivity index (χ0) is 42.0. The maximum absolute atomic E-state index is 13.6. The SMILES string of the molecule is COc1[nH]c2ccc(F)cc2c1C(=O)OCC1CCN(CCNS(C)(=O)=O)CC1.COc1[nH]c2ccc(F)cc2c1C(=O)OCC1CCN(CCNS(C)(=O)=O)CC1. The second-order valence-electron chi connectivity index (χ2n) is 14.5. The van der Waals surface area contributed by atoms with Crippen LogP contribution >= 0.6 is 0 Å². The number of fused-ring (bicyclic) bond motifs is 2. The molecule has 0 spiro atoms. The fourth-order valence-electron chi connectivity index (χ4n) is 7.05. The fraction of sp³-hybridized carbons (Fsp3) is 0.526. The molecule has 2 aliphatic heterocycles. The van der Waals surface area contributed by atoms with Gasteiger partial charge in [0.25, 0.3) is 0 Å². The van der Waals surface area contributed by atoms with Crippen molar-refractivity contribution in [3.8, 4) is 11.8 Å². The molecule has 20 heteroatoms. The molecule has 2 aromatic carbocycles. The third-order valence-electron chi connectivity index (χ3n) is 10.2. The molecule has 16 nitrogen and oxygen atoms in total. The minimum absolute atomic E-state index is 0.200. The molecule has 6 rings (SSSR count). The Morgan fingerprint density at radius 3 is 1.36 bits per heavy atom. The highest BCUT2D eigenvalue weighted by Crippen LogP contribution is 2.31. The minimum Gasteiger partial charge on any atom is -0.482 e. The van der Waals surface area contributed by atoms with Crippen LogP contribution in [0.1, 0.15) is 46.4 Å². The van der Waals surface area contributed by atoms with Crippen molar-refractivity contribution in [1.82, 2.24) is 29.2 Å². The van der Waals surface area contributed by atoms with Gasteiger partial charge in [-0.05, 0) is 100 Å². The highest BCUT2D eigenvalue weighted by Gasteiger charge is 2.26. The molecule has 4 heterocycles. The Labute approximate surface area is 337 Å². The standard InChI is InChI=1S/2C19H26FN3O5S/c2*1-27-18-17(15-11-14(20)3-4-16(15)22-18)19(24)28-12-13-5-8-23(9-6-13)10-7-21-29(2,25)26/h2*3-4,11,13,21-22H,5-10,12H2,1-2H3. The normalized spacial score (nSPS) is 16.2. The second kappa shape index (κ2) is 20.1. The molecule has 4 aromatic rings. The molecule has 58 heavy (non-hydrogen) atoms. The molecule has 2 saturated heterocycles. The number of nitrogens with one attached hydrogen (secondary N) is 4. The first-order valence-electron chi connectivity index (χ1n) is 18.9. The Hall–Kier alpha value is -4.34. The summed E-state index contributed by atoms with van der Waals surface area (Å²) in [6.45, 7) is 5.88. The van der Waals surface area contributed by atoms with Gasteiger partial charge in [0.2, 0.25) is 31.8 Å². The van der Waals surface area contributed by atoms with E-state index in [2.05, 4.69) is 29.2 Å². The van der Waals surface area contributed by atoms with Crippen molar-refractivity contribution in [1.29, 1.82) is 0 Å². The Bertz CT molecular complexity index is 2090. The molecular weight excluding hydrogens is 803 g/mol. The number of piperidine rings is 2. The lowest BCUT2D eigenvalue weighted by atomic mass is 9.98. The third kappa shape index (κ3) is 12.8. The van der Waals surface area contributed by atoms with E-state index < -0.39 is 43.6 Å². The lowest BCUT2D eigenvalue weighted by Gasteiger charge is -2.31. The molecule has 0 saturated carbocycles. The quantitative estimate of drug-likeness (QED) is 0.120. The predicted molar refractivity (Wildman–Crippen MR) is 214 cm³/mol. The number of benzene rings is 2. The average molecular weight is 855 g/mol. The maximum atomic E-state index is 13.6. The lowest BCUT2D eigenvalue weighted by Crippen LogP contribution is -2.40. The minimum atomic E-state index is -3.17. The molecule has 2 aromatic heterocycles. The van der Waals surface area contributed by atoms with Gasteiger partial charge in [-0.2, -0.15) is 0 Å². The van der Waals surface area contributed by atoms with Crippen LogP contribution in [0.15, 0.2) is 36.4 Å². The van der Waals surface area contributed by atoms with Gasteiger partial charge < -0.3 is 38.7 Å². The van der Waals surface area contributed by atoms with Gasteiger partial charge in [-0.3, -0.25) is 0 Å². The first-order chi connectivity index (χ1) is 27.5. The van der Waals surface area contributed by atoms with Crippen LogP contribution in [0.4, 0.5) is 8.78 Å². The molecule has 0 unspecified atom stereocenters. The number of sulfonamides is 2. The molecule has 320 valence electrons. The number of H-pyrrole nitrogens is 2. The Kier molecular flexibility index (Phi) is 15.5. The lowest BCUT2D eigenvalue weighted by molar-refractivity contribution is 0.0364. The van der Waals surface area contributed by atoms with E-state index in [0.29, 0.717) is 48.0 Å². The smallest absolute Gasteiger partial charge is 0.344 e. The van der Waals surface area contributed by atoms with Crippen LogP contribution in [-0.4, -0.2) is 141 Å². The maximum Gasteiger partial charge on any atom is 0.344 e. The number of esters is 2. The molecule has 0 atom stereocenters. The first-order valence-corrected chi connectivity index (χ1v) is 22.7. The highest BCUT2D eigenvalue weighted by molar-refractivity contribution is 7.89. The van der Waals surface area contributed by atoms with Crippen LogP contribution in [0.2, 0.25) is 0 Å². The summed E-state index contributed by atoms with van der Waals surface area (Å²) in [5.74, 6) is -1.00. The summed E-state index contributed by atoms with van der Waals surface area (Å²) in [5.41, 5.74) is 1.61. The summed E-state index contributed by atoms with van der Waals surface area (Å²) in [5, 5.41) is 0.861. The van der Waals surface area contributed by atoms with Crippen LogP contribution in [0, 0.1) is 23.5 Å². The van der Waals surface area contributed by atoms with Gasteiger partial charge in [0.05, 0.1) is 39.9 Å². The van der Waals surface area contributed by atoms with E-state index in [1.54, 1.807) is 12.1 Å². The van der Waals surface area contributed by atoms with Crippen molar-refractivity contribution in [2.75, 3.05) is 92.3 Å². The number of hydrogen-bond donors (Lipinski definition) is 4. The number of aromatic nitrogens is 2. The monoisotopic (exact) mass is 854 g/mol. The Morgan fingerprint density at radius 1 is 0.672 bits per heavy atom. The van der Waals surface area contributed by atoms with E-state index in [4.69, 9.17) is 18.9 Å². The molecule has 0 aliphatic carbocycles. The van der Waals surface area contributed by atoms with Crippen LogP contribution in [0.3, 0.4) is 0 Å². The van der Waals surface area contributed by atoms with Gasteiger partial charge in [-0.25, -0.2) is 44.6 Å². The second-order valence-corrected chi connectivity index (χ2v) is 18.2. The van der Waals surface area contributed by atoms with Crippen LogP contribution in [0.5, 0.6) is 11.8 Å². The van der Waals surface area contributed by atoms with Gasteiger partial charge in [-0.15, -0.1) is 0 Å². The van der Waals surface area contributed by atoms with E-state index in [9.17, 15) is 35.2 Å². The summed E-state index contributed by atoms with van der Waals surface area (Å²) in [6, 6.07) is 8.30. The number of ether oxygens (including phenoxy) is 4. The number of methoxy groups -OCH3 is 2. The summed E-state index contributed by atoms with van der Waals surface area (Å²) >= 11 is 0. The third-order valence-corrected chi connectivity index (χ3v) is 11.6. The summed E-state index contributed by atoms with van der Waals surface area (Å²) in [4.78, 5) is 35.5. The molecule has 2 aliphatic rings. The molecule has 0 radical (unpaired) electrons. The van der Waals surface area contributed by atoms with Gasteiger partial charge in [0.15, 0.2) is 0 Å². The van der Waals surface area contributed by atoms with Crippen LogP contribution in [0.25, 0.3) is 21.8 Å². The number of nitrogens with zero attached hydrogens (tertiary/aromatic N) is 2. The van der Waals surface area contributed by atoms with Crippen molar-refractivity contribution < 1.29 is 54.2 Å². The number of hydrogen-bond acceptors (Lipinski definition) is 12. The van der Waals surface area contributed by atoms with Gasteiger partial charge >= 0.3 is 11.9 Å². The zero-order valence-electron chi connectivity index (χ0n) is 33.1. The molecule has 0 amide bonds. The fourth-order valence-corrected chi connectivity index (χ4v) is 7.98. The molecule has 4 N–H and O–H groups in total. The number of halogens is 2. The average Bonchev–Trinajstić information content (AvgIpc) is 3.74.